The molecule has 0 saturated carbocycles. The van der Waals surface area contributed by atoms with Crippen LogP contribution < -0.4 is 10.2 Å². The van der Waals surface area contributed by atoms with Crippen LogP contribution >= 0.6 is 0 Å². The summed E-state index contributed by atoms with van der Waals surface area (Å²) in [7, 11) is 0. The van der Waals surface area contributed by atoms with Crippen molar-refractivity contribution in [2.75, 3.05) is 37.7 Å². The highest BCUT2D eigenvalue weighted by molar-refractivity contribution is 5.96. The van der Waals surface area contributed by atoms with E-state index in [9.17, 15) is 14.9 Å². The minimum atomic E-state index is -0.701. The number of aromatic nitrogens is 1. The van der Waals surface area contributed by atoms with E-state index in [0.29, 0.717) is 13.1 Å². The molecule has 0 amide bonds. The van der Waals surface area contributed by atoms with E-state index in [1.54, 1.807) is 6.92 Å². The molecule has 9 heteroatoms. The second-order valence-corrected chi connectivity index (χ2v) is 5.99. The Labute approximate surface area is 145 Å². The van der Waals surface area contributed by atoms with Gasteiger partial charge in [-0.3, -0.25) is 15.1 Å². The number of nitrogens with one attached hydrogen (secondary N) is 1. The van der Waals surface area contributed by atoms with E-state index in [1.807, 2.05) is 4.90 Å². The summed E-state index contributed by atoms with van der Waals surface area (Å²) in [5.74, 6) is 0.685. The van der Waals surface area contributed by atoms with Crippen molar-refractivity contribution in [1.29, 1.82) is 0 Å². The van der Waals surface area contributed by atoms with Gasteiger partial charge in [-0.1, -0.05) is 0 Å². The van der Waals surface area contributed by atoms with E-state index in [0.717, 1.165) is 31.8 Å². The zero-order chi connectivity index (χ0) is 17.8. The van der Waals surface area contributed by atoms with Crippen molar-refractivity contribution >= 4 is 23.3 Å². The van der Waals surface area contributed by atoms with Crippen molar-refractivity contribution in [3.63, 3.8) is 0 Å². The van der Waals surface area contributed by atoms with Crippen LogP contribution in [0.15, 0.2) is 17.3 Å². The summed E-state index contributed by atoms with van der Waals surface area (Å²) in [5.41, 5.74) is -0.349. The molecule has 0 spiro atoms. The number of ether oxygens (including phenoxy) is 1. The molecule has 1 fully saturated rings. The molecule has 0 aliphatic carbocycles. The first-order valence-corrected chi connectivity index (χ1v) is 8.45. The summed E-state index contributed by atoms with van der Waals surface area (Å²) in [6, 6.07) is 1.34. The zero-order valence-electron chi connectivity index (χ0n) is 14.1. The van der Waals surface area contributed by atoms with Crippen molar-refractivity contribution in [2.24, 2.45) is 10.9 Å². The van der Waals surface area contributed by atoms with Crippen molar-refractivity contribution in [3.05, 3.63) is 27.9 Å². The Bertz CT molecular complexity index is 706. The van der Waals surface area contributed by atoms with Crippen LogP contribution in [-0.4, -0.2) is 54.5 Å². The highest BCUT2D eigenvalue weighted by Gasteiger charge is 2.33. The third kappa shape index (κ3) is 3.54. The maximum Gasteiger partial charge on any atom is 0.345 e. The second kappa shape index (κ2) is 7.45. The van der Waals surface area contributed by atoms with E-state index in [-0.39, 0.29) is 29.6 Å². The van der Waals surface area contributed by atoms with E-state index >= 15 is 0 Å². The third-order valence-electron chi connectivity index (χ3n) is 4.39. The molecule has 1 N–H and O–H groups in total. The molecule has 134 valence electrons. The van der Waals surface area contributed by atoms with Gasteiger partial charge in [0.1, 0.15) is 11.4 Å². The van der Waals surface area contributed by atoms with Crippen LogP contribution in [0.2, 0.25) is 0 Å². The molecule has 1 aromatic rings. The van der Waals surface area contributed by atoms with Gasteiger partial charge in [0, 0.05) is 31.7 Å². The number of aliphatic imine (C=N–C) groups is 1. The molecule has 1 unspecified atom stereocenters. The Morgan fingerprint density at radius 1 is 1.56 bits per heavy atom. The standard InChI is InChI=1S/C16H21N5O4/c1-2-25-16(22)12-5-6-19-15(13(12)21(23)24)20-9-3-4-11(10-20)14-17-7-8-18-14/h5-6,11H,2-4,7-10H2,1H3,(H,17,18). The topological polar surface area (TPSA) is 110 Å². The quantitative estimate of drug-likeness (QED) is 0.487. The van der Waals surface area contributed by atoms with E-state index in [4.69, 9.17) is 4.74 Å². The molecule has 2 aliphatic heterocycles. The molecule has 3 heterocycles. The molecule has 9 nitrogen and oxygen atoms in total. The Kier molecular flexibility index (Phi) is 5.11. The number of anilines is 1. The summed E-state index contributed by atoms with van der Waals surface area (Å²) in [6.45, 7) is 4.67. The molecule has 0 bridgehead atoms. The maximum absolute atomic E-state index is 12.1. The van der Waals surface area contributed by atoms with Gasteiger partial charge in [0.05, 0.1) is 18.1 Å². The highest BCUT2D eigenvalue weighted by Crippen LogP contribution is 2.33. The third-order valence-corrected chi connectivity index (χ3v) is 4.39. The number of amidine groups is 1. The van der Waals surface area contributed by atoms with Crippen LogP contribution in [0, 0.1) is 16.0 Å². The lowest BCUT2D eigenvalue weighted by Crippen LogP contribution is -2.42. The number of piperidine rings is 1. The lowest BCUT2D eigenvalue weighted by atomic mass is 9.96. The summed E-state index contributed by atoms with van der Waals surface area (Å²) >= 11 is 0. The number of carbonyl (C=O) groups is 1. The first kappa shape index (κ1) is 17.1. The minimum absolute atomic E-state index is 0.0599. The van der Waals surface area contributed by atoms with Crippen molar-refractivity contribution in [2.45, 2.75) is 19.8 Å². The number of hydrogen-bond acceptors (Lipinski definition) is 8. The van der Waals surface area contributed by atoms with E-state index < -0.39 is 10.9 Å². The van der Waals surface area contributed by atoms with Crippen LogP contribution in [0.4, 0.5) is 11.5 Å². The zero-order valence-corrected chi connectivity index (χ0v) is 14.1. The summed E-state index contributed by atoms with van der Waals surface area (Å²) in [5, 5.41) is 14.9. The molecule has 1 saturated heterocycles. The van der Waals surface area contributed by atoms with Crippen LogP contribution in [0.1, 0.15) is 30.1 Å². The van der Waals surface area contributed by atoms with Crippen LogP contribution in [-0.2, 0) is 4.74 Å². The van der Waals surface area contributed by atoms with Gasteiger partial charge in [-0.05, 0) is 25.8 Å². The van der Waals surface area contributed by atoms with Crippen LogP contribution in [0.5, 0.6) is 0 Å². The number of esters is 1. The first-order chi connectivity index (χ1) is 12.1. The number of rotatable bonds is 5. The molecular formula is C16H21N5O4. The van der Waals surface area contributed by atoms with Crippen LogP contribution in [0.25, 0.3) is 0 Å². The Morgan fingerprint density at radius 3 is 3.08 bits per heavy atom. The van der Waals surface area contributed by atoms with E-state index in [1.165, 1.54) is 12.3 Å². The monoisotopic (exact) mass is 347 g/mol. The van der Waals surface area contributed by atoms with Crippen molar-refractivity contribution in [1.82, 2.24) is 10.3 Å². The fraction of sp³-hybridized carbons (Fsp3) is 0.562. The molecule has 25 heavy (non-hydrogen) atoms. The number of nitro groups is 1. The van der Waals surface area contributed by atoms with Crippen molar-refractivity contribution < 1.29 is 14.5 Å². The fourth-order valence-electron chi connectivity index (χ4n) is 3.31. The smallest absolute Gasteiger partial charge is 0.345 e. The first-order valence-electron chi connectivity index (χ1n) is 8.45. The summed E-state index contributed by atoms with van der Waals surface area (Å²) in [6.07, 6.45) is 3.28. The maximum atomic E-state index is 12.1. The van der Waals surface area contributed by atoms with Gasteiger partial charge < -0.3 is 15.0 Å². The molecular weight excluding hydrogens is 326 g/mol. The van der Waals surface area contributed by atoms with Gasteiger partial charge in [0.2, 0.25) is 5.82 Å². The Morgan fingerprint density at radius 2 is 2.40 bits per heavy atom. The molecule has 1 aromatic heterocycles. The van der Waals surface area contributed by atoms with Crippen LogP contribution in [0.3, 0.4) is 0 Å². The van der Waals surface area contributed by atoms with Gasteiger partial charge in [-0.15, -0.1) is 0 Å². The molecule has 0 aromatic carbocycles. The molecule has 1 atom stereocenters. The van der Waals surface area contributed by atoms with Crippen molar-refractivity contribution in [3.8, 4) is 0 Å². The SMILES string of the molecule is CCOC(=O)c1ccnc(N2CCCC(C3=NCCN3)C2)c1[N+](=O)[O-]. The molecule has 3 rings (SSSR count). The summed E-state index contributed by atoms with van der Waals surface area (Å²) in [4.78, 5) is 33.7. The fourth-order valence-corrected chi connectivity index (χ4v) is 3.31. The van der Waals surface area contributed by atoms with Gasteiger partial charge in [-0.2, -0.15) is 0 Å². The minimum Gasteiger partial charge on any atom is -0.462 e. The normalized spacial score (nSPS) is 20.0. The van der Waals surface area contributed by atoms with Gasteiger partial charge in [0.15, 0.2) is 0 Å². The highest BCUT2D eigenvalue weighted by atomic mass is 16.6. The predicted molar refractivity (Wildman–Crippen MR) is 92.1 cm³/mol. The number of carbonyl (C=O) groups excluding carboxylic acids is 1. The van der Waals surface area contributed by atoms with E-state index in [2.05, 4.69) is 15.3 Å². The number of nitrogens with zero attached hydrogens (tertiary/aromatic N) is 4. The number of hydrogen-bond donors (Lipinski definition) is 1. The average Bonchev–Trinajstić information content (AvgIpc) is 3.16. The van der Waals surface area contributed by atoms with Gasteiger partial charge in [-0.25, -0.2) is 9.78 Å². The average molecular weight is 347 g/mol. The van der Waals surface area contributed by atoms with Gasteiger partial charge in [0.25, 0.3) is 0 Å². The predicted octanol–water partition coefficient (Wildman–Crippen LogP) is 1.38. The summed E-state index contributed by atoms with van der Waals surface area (Å²) < 4.78 is 4.94. The van der Waals surface area contributed by atoms with Gasteiger partial charge >= 0.3 is 11.7 Å². The molecule has 2 aliphatic rings. The number of pyridine rings is 1. The second-order valence-electron chi connectivity index (χ2n) is 5.99. The largest absolute Gasteiger partial charge is 0.462 e. The molecule has 0 radical (unpaired) electrons. The Hall–Kier alpha value is -2.71. The lowest BCUT2D eigenvalue weighted by molar-refractivity contribution is -0.384. The Balaban J connectivity index is 1.91. The lowest BCUT2D eigenvalue weighted by Gasteiger charge is -2.33.